The van der Waals surface area contributed by atoms with Crippen molar-refractivity contribution in [2.24, 2.45) is 5.92 Å². The first-order valence-corrected chi connectivity index (χ1v) is 11.2. The van der Waals surface area contributed by atoms with Gasteiger partial charge in [0.15, 0.2) is 0 Å². The molecule has 0 saturated carbocycles. The average Bonchev–Trinajstić information content (AvgIpc) is 2.79. The van der Waals surface area contributed by atoms with Gasteiger partial charge in [-0.3, -0.25) is 4.90 Å². The molecule has 0 aromatic heterocycles. The van der Waals surface area contributed by atoms with Crippen molar-refractivity contribution < 1.29 is 32.2 Å². The fourth-order valence-electron chi connectivity index (χ4n) is 4.93. The van der Waals surface area contributed by atoms with Crippen LogP contribution in [0.4, 0.5) is 18.0 Å². The maximum atomic E-state index is 12.6. The lowest BCUT2D eigenvalue weighted by Crippen LogP contribution is -2.52. The Hall–Kier alpha value is -2.94. The molecule has 0 radical (unpaired) electrons. The Morgan fingerprint density at radius 1 is 1.03 bits per heavy atom. The third-order valence-corrected chi connectivity index (χ3v) is 6.62. The standard InChI is InChI=1S/C24H25F3N2O4/c25-24(26,27)33-18-4-1-15(2-5-18)17-3-6-19-20(9-12-31-21(19)13-17)28-23(30)32-22-14-29-10-7-16(22)8-11-29/h1-6,13,16,20,22H,7-12,14H2,(H,28,30)/t20?,22-/m0/s1. The van der Waals surface area contributed by atoms with E-state index in [0.717, 1.165) is 49.2 Å². The van der Waals surface area contributed by atoms with E-state index in [9.17, 15) is 18.0 Å². The number of nitrogens with one attached hydrogen (secondary N) is 1. The Balaban J connectivity index is 1.25. The molecule has 176 valence electrons. The van der Waals surface area contributed by atoms with E-state index in [4.69, 9.17) is 9.47 Å². The lowest BCUT2D eigenvalue weighted by Gasteiger charge is -2.44. The highest BCUT2D eigenvalue weighted by Gasteiger charge is 2.37. The summed E-state index contributed by atoms with van der Waals surface area (Å²) in [6.07, 6.45) is -2.41. The number of benzene rings is 2. The Kier molecular flexibility index (Phi) is 5.82. The van der Waals surface area contributed by atoms with E-state index in [1.807, 2.05) is 18.2 Å². The van der Waals surface area contributed by atoms with Crippen LogP contribution in [-0.2, 0) is 4.74 Å². The van der Waals surface area contributed by atoms with E-state index in [1.54, 1.807) is 12.1 Å². The average molecular weight is 462 g/mol. The molecule has 3 fully saturated rings. The molecule has 2 bridgehead atoms. The molecule has 2 atom stereocenters. The maximum absolute atomic E-state index is 12.6. The van der Waals surface area contributed by atoms with Gasteiger partial charge in [-0.25, -0.2) is 4.79 Å². The number of alkyl carbamates (subject to hydrolysis) is 1. The first-order valence-electron chi connectivity index (χ1n) is 11.2. The number of hydrogen-bond acceptors (Lipinski definition) is 5. The van der Waals surface area contributed by atoms with Crippen molar-refractivity contribution in [1.82, 2.24) is 10.2 Å². The fourth-order valence-corrected chi connectivity index (χ4v) is 4.93. The number of halogens is 3. The molecule has 1 unspecified atom stereocenters. The highest BCUT2D eigenvalue weighted by molar-refractivity contribution is 5.70. The Morgan fingerprint density at radius 2 is 1.76 bits per heavy atom. The third-order valence-electron chi connectivity index (χ3n) is 6.62. The second-order valence-electron chi connectivity index (χ2n) is 8.74. The summed E-state index contributed by atoms with van der Waals surface area (Å²) in [5.41, 5.74) is 2.38. The van der Waals surface area contributed by atoms with Crippen LogP contribution in [0.5, 0.6) is 11.5 Å². The quantitative estimate of drug-likeness (QED) is 0.701. The van der Waals surface area contributed by atoms with Gasteiger partial charge in [0.2, 0.25) is 0 Å². The summed E-state index contributed by atoms with van der Waals surface area (Å²) in [5, 5.41) is 2.99. The van der Waals surface area contributed by atoms with Gasteiger partial charge >= 0.3 is 12.5 Å². The molecule has 1 amide bonds. The minimum absolute atomic E-state index is 0.0570. The van der Waals surface area contributed by atoms with Crippen molar-refractivity contribution in [1.29, 1.82) is 0 Å². The number of carbonyl (C=O) groups is 1. The van der Waals surface area contributed by atoms with Crippen LogP contribution in [-0.4, -0.2) is 49.7 Å². The van der Waals surface area contributed by atoms with Gasteiger partial charge in [0.05, 0.1) is 12.6 Å². The van der Waals surface area contributed by atoms with Gasteiger partial charge in [-0.05, 0) is 61.2 Å². The molecule has 0 aliphatic carbocycles. The highest BCUT2D eigenvalue weighted by Crippen LogP contribution is 2.37. The minimum atomic E-state index is -4.72. The van der Waals surface area contributed by atoms with Gasteiger partial charge in [-0.15, -0.1) is 13.2 Å². The van der Waals surface area contributed by atoms with Gasteiger partial charge in [0, 0.05) is 18.5 Å². The summed E-state index contributed by atoms with van der Waals surface area (Å²) in [6, 6.07) is 11.0. The summed E-state index contributed by atoms with van der Waals surface area (Å²) in [7, 11) is 0. The molecule has 4 aliphatic heterocycles. The van der Waals surface area contributed by atoms with E-state index in [-0.39, 0.29) is 17.9 Å². The van der Waals surface area contributed by atoms with Crippen LogP contribution in [0, 0.1) is 5.92 Å². The highest BCUT2D eigenvalue weighted by atomic mass is 19.4. The zero-order valence-electron chi connectivity index (χ0n) is 17.9. The number of alkyl halides is 3. The van der Waals surface area contributed by atoms with E-state index < -0.39 is 12.5 Å². The molecule has 2 aromatic rings. The van der Waals surface area contributed by atoms with Crippen LogP contribution in [0.25, 0.3) is 11.1 Å². The summed E-state index contributed by atoms with van der Waals surface area (Å²) >= 11 is 0. The second kappa shape index (κ2) is 8.78. The third kappa shape index (κ3) is 5.03. The number of ether oxygens (including phenoxy) is 3. The zero-order valence-corrected chi connectivity index (χ0v) is 17.9. The number of fused-ring (bicyclic) bond motifs is 4. The molecule has 4 aliphatic rings. The first kappa shape index (κ1) is 21.9. The molecular formula is C24H25F3N2O4. The molecule has 1 N–H and O–H groups in total. The van der Waals surface area contributed by atoms with Crippen LogP contribution in [0.2, 0.25) is 0 Å². The molecule has 6 rings (SSSR count). The van der Waals surface area contributed by atoms with Crippen molar-refractivity contribution in [3.63, 3.8) is 0 Å². The summed E-state index contributed by atoms with van der Waals surface area (Å²) in [5.74, 6) is 0.812. The van der Waals surface area contributed by atoms with E-state index in [0.29, 0.717) is 24.7 Å². The fraction of sp³-hybridized carbons (Fsp3) is 0.458. The molecule has 4 heterocycles. The molecule has 6 nitrogen and oxygen atoms in total. The predicted octanol–water partition coefficient (Wildman–Crippen LogP) is 4.90. The van der Waals surface area contributed by atoms with Crippen molar-refractivity contribution in [2.45, 2.75) is 37.8 Å². The van der Waals surface area contributed by atoms with Gasteiger partial charge in [-0.1, -0.05) is 24.3 Å². The van der Waals surface area contributed by atoms with E-state index in [2.05, 4.69) is 15.0 Å². The molecular weight excluding hydrogens is 437 g/mol. The number of amides is 1. The zero-order chi connectivity index (χ0) is 23.0. The minimum Gasteiger partial charge on any atom is -0.493 e. The van der Waals surface area contributed by atoms with Crippen molar-refractivity contribution in [2.75, 3.05) is 26.2 Å². The van der Waals surface area contributed by atoms with E-state index in [1.165, 1.54) is 12.1 Å². The normalized spacial score (nSPS) is 26.2. The van der Waals surface area contributed by atoms with Crippen LogP contribution in [0.1, 0.15) is 30.9 Å². The van der Waals surface area contributed by atoms with Crippen molar-refractivity contribution in [3.8, 4) is 22.6 Å². The van der Waals surface area contributed by atoms with E-state index >= 15 is 0 Å². The van der Waals surface area contributed by atoms with Crippen LogP contribution in [0.3, 0.4) is 0 Å². The molecule has 33 heavy (non-hydrogen) atoms. The summed E-state index contributed by atoms with van der Waals surface area (Å²) < 4.78 is 52.6. The van der Waals surface area contributed by atoms with Crippen molar-refractivity contribution in [3.05, 3.63) is 48.0 Å². The van der Waals surface area contributed by atoms with Gasteiger partial charge in [-0.2, -0.15) is 0 Å². The Bertz CT molecular complexity index is 1000. The number of nitrogens with zero attached hydrogens (tertiary/aromatic N) is 1. The lowest BCUT2D eigenvalue weighted by atomic mass is 9.86. The maximum Gasteiger partial charge on any atom is 0.573 e. The van der Waals surface area contributed by atoms with Crippen LogP contribution >= 0.6 is 0 Å². The smallest absolute Gasteiger partial charge is 0.493 e. The summed E-state index contributed by atoms with van der Waals surface area (Å²) in [4.78, 5) is 14.9. The largest absolute Gasteiger partial charge is 0.573 e. The predicted molar refractivity (Wildman–Crippen MR) is 114 cm³/mol. The molecule has 0 spiro atoms. The molecule has 2 aromatic carbocycles. The number of rotatable bonds is 4. The van der Waals surface area contributed by atoms with Crippen LogP contribution < -0.4 is 14.8 Å². The van der Waals surface area contributed by atoms with Crippen molar-refractivity contribution >= 4 is 6.09 Å². The van der Waals surface area contributed by atoms with Crippen LogP contribution in [0.15, 0.2) is 42.5 Å². The number of carbonyl (C=O) groups excluding carboxylic acids is 1. The Morgan fingerprint density at radius 3 is 2.42 bits per heavy atom. The monoisotopic (exact) mass is 462 g/mol. The number of hydrogen-bond donors (Lipinski definition) is 1. The second-order valence-corrected chi connectivity index (χ2v) is 8.74. The van der Waals surface area contributed by atoms with Gasteiger partial charge in [0.1, 0.15) is 17.6 Å². The number of piperidine rings is 3. The Labute approximate surface area is 189 Å². The first-order chi connectivity index (χ1) is 15.8. The molecule has 9 heteroatoms. The topological polar surface area (TPSA) is 60.0 Å². The van der Waals surface area contributed by atoms with Gasteiger partial charge in [0.25, 0.3) is 0 Å². The SMILES string of the molecule is O=C(NC1CCOc2cc(-c3ccc(OC(F)(F)F)cc3)ccc21)O[C@H]1CN2CCC1CC2. The summed E-state index contributed by atoms with van der Waals surface area (Å²) in [6.45, 7) is 3.41. The lowest BCUT2D eigenvalue weighted by molar-refractivity contribution is -0.274. The van der Waals surface area contributed by atoms with Gasteiger partial charge < -0.3 is 19.5 Å². The molecule has 3 saturated heterocycles.